The molecule has 1 aliphatic rings. The maximum absolute atomic E-state index is 12.4. The molecule has 2 aromatic rings. The largest absolute Gasteiger partial charge is 0.357 e. The van der Waals surface area contributed by atoms with Crippen LogP contribution in [0.5, 0.6) is 0 Å². The van der Waals surface area contributed by atoms with Crippen LogP contribution in [-0.2, 0) is 11.2 Å². The molecule has 1 aliphatic heterocycles. The molecule has 3 rings (SSSR count). The molecule has 0 bridgehead atoms. The zero-order valence-corrected chi connectivity index (χ0v) is 19.4. The SMILES string of the molecule is CCNC(=NCC1CC(=O)N(CCc2ccccc2)C1)NCCCNC(=O)c1ccccc1. The average Bonchev–Trinajstić information content (AvgIpc) is 3.21. The van der Waals surface area contributed by atoms with Crippen LogP contribution in [0.4, 0.5) is 0 Å². The molecule has 3 N–H and O–H groups in total. The van der Waals surface area contributed by atoms with Gasteiger partial charge < -0.3 is 20.9 Å². The molecule has 33 heavy (non-hydrogen) atoms. The van der Waals surface area contributed by atoms with Gasteiger partial charge in [0.1, 0.15) is 0 Å². The van der Waals surface area contributed by atoms with Gasteiger partial charge in [-0.05, 0) is 37.5 Å². The Balaban J connectivity index is 1.36. The van der Waals surface area contributed by atoms with Crippen molar-refractivity contribution in [2.45, 2.75) is 26.2 Å². The van der Waals surface area contributed by atoms with Gasteiger partial charge >= 0.3 is 0 Å². The van der Waals surface area contributed by atoms with Crippen LogP contribution in [0.3, 0.4) is 0 Å². The normalized spacial score (nSPS) is 16.0. The fraction of sp³-hybridized carbons (Fsp3) is 0.423. The molecule has 176 valence electrons. The molecular formula is C26H35N5O2. The van der Waals surface area contributed by atoms with E-state index in [4.69, 9.17) is 4.99 Å². The van der Waals surface area contributed by atoms with E-state index in [2.05, 4.69) is 28.1 Å². The minimum atomic E-state index is -0.0566. The standard InChI is InChI=1S/C26H35N5O2/c1-2-27-26(29-16-9-15-28-25(33)23-12-7-4-8-13-23)30-19-22-18-24(32)31(20-22)17-14-21-10-5-3-6-11-21/h3-8,10-13,22H,2,9,14-20H2,1H3,(H,28,33)(H2,27,29,30). The van der Waals surface area contributed by atoms with Gasteiger partial charge in [0, 0.05) is 57.2 Å². The molecule has 2 amide bonds. The Hall–Kier alpha value is -3.35. The van der Waals surface area contributed by atoms with Crippen LogP contribution in [0.1, 0.15) is 35.7 Å². The van der Waals surface area contributed by atoms with Crippen molar-refractivity contribution >= 4 is 17.8 Å². The molecule has 0 aliphatic carbocycles. The minimum Gasteiger partial charge on any atom is -0.357 e. The van der Waals surface area contributed by atoms with E-state index in [-0.39, 0.29) is 17.7 Å². The number of amides is 2. The summed E-state index contributed by atoms with van der Waals surface area (Å²) < 4.78 is 0. The van der Waals surface area contributed by atoms with Crippen molar-refractivity contribution in [2.75, 3.05) is 39.3 Å². The van der Waals surface area contributed by atoms with E-state index < -0.39 is 0 Å². The predicted molar refractivity (Wildman–Crippen MR) is 132 cm³/mol. The van der Waals surface area contributed by atoms with Gasteiger partial charge in [-0.3, -0.25) is 14.6 Å². The van der Waals surface area contributed by atoms with Gasteiger partial charge in [-0.2, -0.15) is 0 Å². The monoisotopic (exact) mass is 449 g/mol. The number of benzene rings is 2. The zero-order chi connectivity index (χ0) is 23.3. The minimum absolute atomic E-state index is 0.0566. The maximum Gasteiger partial charge on any atom is 0.251 e. The Bertz CT molecular complexity index is 901. The molecule has 0 aromatic heterocycles. The lowest BCUT2D eigenvalue weighted by Crippen LogP contribution is -2.39. The van der Waals surface area contributed by atoms with Gasteiger partial charge in [0.05, 0.1) is 0 Å². The van der Waals surface area contributed by atoms with Gasteiger partial charge in [0.25, 0.3) is 5.91 Å². The van der Waals surface area contributed by atoms with E-state index in [9.17, 15) is 9.59 Å². The van der Waals surface area contributed by atoms with Gasteiger partial charge in [0.2, 0.25) is 5.91 Å². The summed E-state index contributed by atoms with van der Waals surface area (Å²) in [5.74, 6) is 1.16. The van der Waals surface area contributed by atoms with Crippen LogP contribution in [0.15, 0.2) is 65.7 Å². The van der Waals surface area contributed by atoms with E-state index in [0.29, 0.717) is 31.6 Å². The molecular weight excluding hydrogens is 414 g/mol. The van der Waals surface area contributed by atoms with Crippen LogP contribution >= 0.6 is 0 Å². The first-order valence-electron chi connectivity index (χ1n) is 11.8. The van der Waals surface area contributed by atoms with Gasteiger partial charge in [-0.25, -0.2) is 0 Å². The molecule has 1 unspecified atom stereocenters. The maximum atomic E-state index is 12.4. The average molecular weight is 450 g/mol. The van der Waals surface area contributed by atoms with Crippen molar-refractivity contribution in [3.63, 3.8) is 0 Å². The molecule has 0 saturated carbocycles. The number of nitrogens with zero attached hydrogens (tertiary/aromatic N) is 2. The second kappa shape index (κ2) is 13.3. The summed E-state index contributed by atoms with van der Waals surface area (Å²) in [6.07, 6.45) is 2.23. The number of likely N-dealkylation sites (tertiary alicyclic amines) is 1. The molecule has 1 saturated heterocycles. The van der Waals surface area contributed by atoms with Crippen molar-refractivity contribution in [3.05, 3.63) is 71.8 Å². The van der Waals surface area contributed by atoms with Crippen LogP contribution in [0.25, 0.3) is 0 Å². The second-order valence-corrected chi connectivity index (χ2v) is 8.27. The van der Waals surface area contributed by atoms with E-state index in [1.807, 2.05) is 48.2 Å². The van der Waals surface area contributed by atoms with E-state index in [0.717, 1.165) is 38.4 Å². The first-order valence-corrected chi connectivity index (χ1v) is 11.8. The van der Waals surface area contributed by atoms with Crippen LogP contribution in [0, 0.1) is 5.92 Å². The number of nitrogens with one attached hydrogen (secondary N) is 3. The van der Waals surface area contributed by atoms with E-state index >= 15 is 0 Å². The third-order valence-corrected chi connectivity index (χ3v) is 5.63. The molecule has 1 heterocycles. The summed E-state index contributed by atoms with van der Waals surface area (Å²) >= 11 is 0. The summed E-state index contributed by atoms with van der Waals surface area (Å²) in [6, 6.07) is 19.5. The third-order valence-electron chi connectivity index (χ3n) is 5.63. The highest BCUT2D eigenvalue weighted by Crippen LogP contribution is 2.18. The Morgan fingerprint density at radius 3 is 2.42 bits per heavy atom. The Kier molecular flexibility index (Phi) is 9.76. The van der Waals surface area contributed by atoms with Crippen molar-refractivity contribution in [3.8, 4) is 0 Å². The first-order chi connectivity index (χ1) is 16.2. The lowest BCUT2D eigenvalue weighted by Gasteiger charge is -2.16. The lowest BCUT2D eigenvalue weighted by atomic mass is 10.1. The lowest BCUT2D eigenvalue weighted by molar-refractivity contribution is -0.127. The molecule has 0 radical (unpaired) electrons. The van der Waals surface area contributed by atoms with E-state index in [1.54, 1.807) is 12.1 Å². The number of rotatable bonds is 11. The third kappa shape index (κ3) is 8.25. The molecule has 7 nitrogen and oxygen atoms in total. The topological polar surface area (TPSA) is 85.8 Å². The second-order valence-electron chi connectivity index (χ2n) is 8.27. The zero-order valence-electron chi connectivity index (χ0n) is 19.4. The van der Waals surface area contributed by atoms with E-state index in [1.165, 1.54) is 5.56 Å². The molecule has 2 aromatic carbocycles. The summed E-state index contributed by atoms with van der Waals surface area (Å²) in [4.78, 5) is 31.1. The summed E-state index contributed by atoms with van der Waals surface area (Å²) in [6.45, 7) is 6.23. The molecule has 1 fully saturated rings. The van der Waals surface area contributed by atoms with Crippen molar-refractivity contribution in [2.24, 2.45) is 10.9 Å². The number of hydrogen-bond donors (Lipinski definition) is 3. The quantitative estimate of drug-likeness (QED) is 0.279. The first kappa shape index (κ1) is 24.3. The summed E-state index contributed by atoms with van der Waals surface area (Å²) in [7, 11) is 0. The highest BCUT2D eigenvalue weighted by atomic mass is 16.2. The number of carbonyl (C=O) groups excluding carboxylic acids is 2. The fourth-order valence-corrected chi connectivity index (χ4v) is 3.85. The number of carbonyl (C=O) groups is 2. The van der Waals surface area contributed by atoms with Crippen LogP contribution < -0.4 is 16.0 Å². The smallest absolute Gasteiger partial charge is 0.251 e. The van der Waals surface area contributed by atoms with Crippen LogP contribution in [-0.4, -0.2) is 61.9 Å². The number of aliphatic imine (C=N–C) groups is 1. The Labute approximate surface area is 196 Å². The van der Waals surface area contributed by atoms with Crippen molar-refractivity contribution in [1.29, 1.82) is 0 Å². The molecule has 0 spiro atoms. The number of guanidine groups is 1. The molecule has 1 atom stereocenters. The predicted octanol–water partition coefficient (Wildman–Crippen LogP) is 2.45. The highest BCUT2D eigenvalue weighted by Gasteiger charge is 2.29. The Morgan fingerprint density at radius 2 is 1.70 bits per heavy atom. The summed E-state index contributed by atoms with van der Waals surface area (Å²) in [5.41, 5.74) is 1.93. The van der Waals surface area contributed by atoms with Gasteiger partial charge in [0.15, 0.2) is 5.96 Å². The Morgan fingerprint density at radius 1 is 1.00 bits per heavy atom. The van der Waals surface area contributed by atoms with Crippen molar-refractivity contribution in [1.82, 2.24) is 20.9 Å². The van der Waals surface area contributed by atoms with Gasteiger partial charge in [-0.1, -0.05) is 48.5 Å². The van der Waals surface area contributed by atoms with Crippen molar-refractivity contribution < 1.29 is 9.59 Å². The van der Waals surface area contributed by atoms with Gasteiger partial charge in [-0.15, -0.1) is 0 Å². The fourth-order valence-electron chi connectivity index (χ4n) is 3.85. The molecule has 7 heteroatoms. The highest BCUT2D eigenvalue weighted by molar-refractivity contribution is 5.94. The van der Waals surface area contributed by atoms with Crippen LogP contribution in [0.2, 0.25) is 0 Å². The number of hydrogen-bond acceptors (Lipinski definition) is 3. The summed E-state index contributed by atoms with van der Waals surface area (Å²) in [5, 5.41) is 9.50.